The molecule has 0 saturated heterocycles. The van der Waals surface area contributed by atoms with E-state index in [1.165, 1.54) is 24.3 Å². The second-order valence-electron chi connectivity index (χ2n) is 7.47. The second kappa shape index (κ2) is 10.3. The van der Waals surface area contributed by atoms with Gasteiger partial charge in [0.05, 0.1) is 29.5 Å². The Hall–Kier alpha value is -3.65. The van der Waals surface area contributed by atoms with Crippen LogP contribution in [0.5, 0.6) is 0 Å². The van der Waals surface area contributed by atoms with Gasteiger partial charge in [-0.1, -0.05) is 18.5 Å². The van der Waals surface area contributed by atoms with Crippen molar-refractivity contribution in [2.75, 3.05) is 16.8 Å². The maximum atomic E-state index is 12.9. The number of rotatable bonds is 8. The normalized spacial score (nSPS) is 13.5. The van der Waals surface area contributed by atoms with Crippen molar-refractivity contribution in [2.24, 2.45) is 0 Å². The van der Waals surface area contributed by atoms with Crippen LogP contribution in [0.15, 0.2) is 59.3 Å². The monoisotopic (exact) mass is 470 g/mol. The van der Waals surface area contributed by atoms with Crippen LogP contribution in [0.3, 0.4) is 0 Å². The Labute approximate surface area is 196 Å². The molecule has 2 amide bonds. The molecule has 0 aromatic heterocycles. The van der Waals surface area contributed by atoms with Crippen LogP contribution in [0, 0.1) is 0 Å². The Morgan fingerprint density at radius 2 is 1.52 bits per heavy atom. The first kappa shape index (κ1) is 24.0. The lowest BCUT2D eigenvalue weighted by Crippen LogP contribution is -2.32. The van der Waals surface area contributed by atoms with E-state index in [0.717, 1.165) is 11.3 Å². The molecule has 0 aliphatic carbocycles. The summed E-state index contributed by atoms with van der Waals surface area (Å²) < 4.78 is 10.2. The number of carbonyl (C=O) groups excluding carboxylic acids is 4. The first-order chi connectivity index (χ1) is 15.7. The quantitative estimate of drug-likeness (QED) is 0.454. The Morgan fingerprint density at radius 3 is 2.09 bits per heavy atom. The molecule has 3 rings (SSSR count). The minimum Gasteiger partial charge on any atom is -0.462 e. The number of carbonyl (C=O) groups is 4. The van der Waals surface area contributed by atoms with Crippen LogP contribution < -0.4 is 10.2 Å². The third kappa shape index (κ3) is 5.40. The minimum atomic E-state index is -0.693. The Balaban J connectivity index is 1.73. The van der Waals surface area contributed by atoms with Crippen molar-refractivity contribution in [3.63, 3.8) is 0 Å². The van der Waals surface area contributed by atoms with Gasteiger partial charge in [-0.15, -0.1) is 0 Å². The minimum absolute atomic E-state index is 0.0914. The highest BCUT2D eigenvalue weighted by Crippen LogP contribution is 2.30. The van der Waals surface area contributed by atoms with E-state index < -0.39 is 23.8 Å². The topological polar surface area (TPSA) is 102 Å². The molecule has 2 aromatic carbocycles. The molecule has 0 atom stereocenters. The largest absolute Gasteiger partial charge is 0.462 e. The summed E-state index contributed by atoms with van der Waals surface area (Å²) >= 11 is 6.15. The smallest absolute Gasteiger partial charge is 0.338 e. The fourth-order valence-corrected chi connectivity index (χ4v) is 3.20. The van der Waals surface area contributed by atoms with Crippen molar-refractivity contribution in [1.82, 2.24) is 0 Å². The predicted molar refractivity (Wildman–Crippen MR) is 123 cm³/mol. The highest BCUT2D eigenvalue weighted by Gasteiger charge is 2.39. The average molecular weight is 471 g/mol. The van der Waals surface area contributed by atoms with Gasteiger partial charge in [0.1, 0.15) is 10.7 Å². The molecule has 1 aliphatic heterocycles. The lowest BCUT2D eigenvalue weighted by atomic mass is 10.2. The number of imide groups is 1. The SMILES string of the molecule is CCCOC(=O)c1ccc(NC2=C(Cl)C(=O)N(c3ccc(C(=O)OC(C)C)cc3)C2=O)cc1. The molecule has 2 aromatic rings. The molecule has 0 fully saturated rings. The fourth-order valence-electron chi connectivity index (χ4n) is 2.99. The fraction of sp³-hybridized carbons (Fsp3) is 0.250. The number of nitrogens with one attached hydrogen (secondary N) is 1. The third-order valence-electron chi connectivity index (χ3n) is 4.56. The molecule has 33 heavy (non-hydrogen) atoms. The van der Waals surface area contributed by atoms with Gasteiger partial charge in [0, 0.05) is 5.69 Å². The molecular formula is C24H23ClN2O6. The Kier molecular flexibility index (Phi) is 7.50. The summed E-state index contributed by atoms with van der Waals surface area (Å²) in [7, 11) is 0. The number of nitrogens with zero attached hydrogens (tertiary/aromatic N) is 1. The molecule has 0 unspecified atom stereocenters. The lowest BCUT2D eigenvalue weighted by molar-refractivity contribution is -0.120. The number of hydrogen-bond acceptors (Lipinski definition) is 7. The Morgan fingerprint density at radius 1 is 0.939 bits per heavy atom. The first-order valence-corrected chi connectivity index (χ1v) is 10.7. The maximum absolute atomic E-state index is 12.9. The third-order valence-corrected chi connectivity index (χ3v) is 4.91. The summed E-state index contributed by atoms with van der Waals surface area (Å²) in [6.07, 6.45) is 0.446. The lowest BCUT2D eigenvalue weighted by Gasteiger charge is -2.16. The highest BCUT2D eigenvalue weighted by molar-refractivity contribution is 6.53. The zero-order valence-corrected chi connectivity index (χ0v) is 19.1. The summed E-state index contributed by atoms with van der Waals surface area (Å²) in [6.45, 7) is 5.70. The molecular weight excluding hydrogens is 448 g/mol. The molecule has 1 N–H and O–H groups in total. The van der Waals surface area contributed by atoms with E-state index in [1.54, 1.807) is 38.1 Å². The van der Waals surface area contributed by atoms with E-state index in [9.17, 15) is 19.2 Å². The van der Waals surface area contributed by atoms with Crippen LogP contribution >= 0.6 is 11.6 Å². The van der Waals surface area contributed by atoms with Crippen LogP contribution in [-0.2, 0) is 19.1 Å². The van der Waals surface area contributed by atoms with E-state index in [4.69, 9.17) is 21.1 Å². The standard InChI is InChI=1S/C24H23ClN2O6/c1-4-13-32-23(30)15-5-9-17(10-6-15)26-20-19(25)21(28)27(22(20)29)18-11-7-16(8-12-18)24(31)33-14(2)3/h5-12,14,26H,4,13H2,1-3H3. The average Bonchev–Trinajstić information content (AvgIpc) is 3.00. The van der Waals surface area contributed by atoms with E-state index in [0.29, 0.717) is 23.4 Å². The van der Waals surface area contributed by atoms with Gasteiger partial charge >= 0.3 is 11.9 Å². The van der Waals surface area contributed by atoms with Crippen LogP contribution in [0.2, 0.25) is 0 Å². The van der Waals surface area contributed by atoms with E-state index >= 15 is 0 Å². The van der Waals surface area contributed by atoms with Crippen molar-refractivity contribution >= 4 is 46.7 Å². The molecule has 8 nitrogen and oxygen atoms in total. The van der Waals surface area contributed by atoms with Crippen LogP contribution in [0.25, 0.3) is 0 Å². The summed E-state index contributed by atoms with van der Waals surface area (Å²) in [6, 6.07) is 12.1. The van der Waals surface area contributed by atoms with Gasteiger partial charge in [0.2, 0.25) is 0 Å². The van der Waals surface area contributed by atoms with Crippen molar-refractivity contribution in [3.05, 3.63) is 70.4 Å². The first-order valence-electron chi connectivity index (χ1n) is 10.4. The van der Waals surface area contributed by atoms with E-state index in [-0.39, 0.29) is 22.5 Å². The van der Waals surface area contributed by atoms with Gasteiger partial charge in [-0.2, -0.15) is 0 Å². The summed E-state index contributed by atoms with van der Waals surface area (Å²) in [5, 5.41) is 2.57. The van der Waals surface area contributed by atoms with Crippen molar-refractivity contribution < 1.29 is 28.7 Å². The second-order valence-corrected chi connectivity index (χ2v) is 7.85. The van der Waals surface area contributed by atoms with Crippen molar-refractivity contribution in [1.29, 1.82) is 0 Å². The number of halogens is 1. The van der Waals surface area contributed by atoms with Crippen LogP contribution in [0.4, 0.5) is 11.4 Å². The maximum Gasteiger partial charge on any atom is 0.338 e. The Bertz CT molecular complexity index is 1110. The zero-order chi connectivity index (χ0) is 24.1. The van der Waals surface area contributed by atoms with Gasteiger partial charge in [0.25, 0.3) is 11.8 Å². The summed E-state index contributed by atoms with van der Waals surface area (Å²) in [4.78, 5) is 50.4. The van der Waals surface area contributed by atoms with E-state index in [1.807, 2.05) is 6.92 Å². The molecule has 172 valence electrons. The van der Waals surface area contributed by atoms with Crippen LogP contribution in [0.1, 0.15) is 47.9 Å². The zero-order valence-electron chi connectivity index (χ0n) is 18.4. The number of esters is 2. The van der Waals surface area contributed by atoms with Gasteiger partial charge < -0.3 is 14.8 Å². The number of benzene rings is 2. The highest BCUT2D eigenvalue weighted by atomic mass is 35.5. The molecule has 0 radical (unpaired) electrons. The number of ether oxygens (including phenoxy) is 2. The van der Waals surface area contributed by atoms with Crippen LogP contribution in [-0.4, -0.2) is 36.5 Å². The van der Waals surface area contributed by atoms with Crippen molar-refractivity contribution in [2.45, 2.75) is 33.3 Å². The van der Waals surface area contributed by atoms with Gasteiger partial charge in [-0.05, 0) is 68.8 Å². The molecule has 0 bridgehead atoms. The molecule has 1 heterocycles. The van der Waals surface area contributed by atoms with Gasteiger partial charge in [-0.25, -0.2) is 14.5 Å². The molecule has 9 heteroatoms. The summed E-state index contributed by atoms with van der Waals surface area (Å²) in [5.41, 5.74) is 1.29. The number of anilines is 2. The summed E-state index contributed by atoms with van der Waals surface area (Å²) in [5.74, 6) is -2.29. The molecule has 0 saturated carbocycles. The molecule has 1 aliphatic rings. The number of amides is 2. The molecule has 0 spiro atoms. The van der Waals surface area contributed by atoms with Gasteiger partial charge in [-0.3, -0.25) is 9.59 Å². The van der Waals surface area contributed by atoms with E-state index in [2.05, 4.69) is 5.32 Å². The van der Waals surface area contributed by atoms with Crippen molar-refractivity contribution in [3.8, 4) is 0 Å². The predicted octanol–water partition coefficient (Wildman–Crippen LogP) is 4.25. The van der Waals surface area contributed by atoms with Gasteiger partial charge in [0.15, 0.2) is 0 Å². The number of hydrogen-bond donors (Lipinski definition) is 1.